The predicted octanol–water partition coefficient (Wildman–Crippen LogP) is 5.29. The van der Waals surface area contributed by atoms with Crippen molar-refractivity contribution in [2.75, 3.05) is 36.5 Å². The highest BCUT2D eigenvalue weighted by Crippen LogP contribution is 2.26. The number of anilines is 1. The monoisotopic (exact) mass is 446 g/mol. The van der Waals surface area contributed by atoms with Crippen molar-refractivity contribution < 1.29 is 9.53 Å². The number of ether oxygens (including phenoxy) is 1. The number of carbonyl (C=O) groups excluding carboxylic acids is 1. The van der Waals surface area contributed by atoms with Gasteiger partial charge in [0.05, 0.1) is 0 Å². The Morgan fingerprint density at radius 1 is 0.969 bits per heavy atom. The lowest BCUT2D eigenvalue weighted by molar-refractivity contribution is -0.121. The fourth-order valence-corrected chi connectivity index (χ4v) is 4.95. The number of hydrogen-bond acceptors (Lipinski definition) is 4. The normalized spacial score (nSPS) is 14.4. The van der Waals surface area contributed by atoms with Crippen molar-refractivity contribution in [2.45, 2.75) is 19.6 Å². The second-order valence-corrected chi connectivity index (χ2v) is 9.32. The largest absolute Gasteiger partial charge is 0.359 e. The molecular weight excluding hydrogens is 416 g/mol. The molecule has 0 unspecified atom stereocenters. The molecule has 4 nitrogen and oxygen atoms in total. The zero-order chi connectivity index (χ0) is 22.2. The van der Waals surface area contributed by atoms with Gasteiger partial charge in [0.15, 0.2) is 0 Å². The fraction of sp³-hybridized carbons (Fsp3) is 0.296. The Balaban J connectivity index is 1.37. The molecule has 166 valence electrons. The van der Waals surface area contributed by atoms with Gasteiger partial charge in [0.1, 0.15) is 12.7 Å². The van der Waals surface area contributed by atoms with Gasteiger partial charge in [-0.2, -0.15) is 11.8 Å². The van der Waals surface area contributed by atoms with Gasteiger partial charge in [0, 0.05) is 36.8 Å². The van der Waals surface area contributed by atoms with Crippen LogP contribution >= 0.6 is 11.8 Å². The molecular formula is C27H30N2O2S. The van der Waals surface area contributed by atoms with E-state index in [-0.39, 0.29) is 18.6 Å². The lowest BCUT2D eigenvalue weighted by Gasteiger charge is -2.26. The summed E-state index contributed by atoms with van der Waals surface area (Å²) in [5.41, 5.74) is 5.26. The molecule has 1 heterocycles. The summed E-state index contributed by atoms with van der Waals surface area (Å²) >= 11 is 2.02. The van der Waals surface area contributed by atoms with Crippen molar-refractivity contribution in [2.24, 2.45) is 0 Å². The summed E-state index contributed by atoms with van der Waals surface area (Å²) in [5.74, 6) is 2.27. The van der Waals surface area contributed by atoms with Crippen molar-refractivity contribution in [1.82, 2.24) is 4.90 Å². The summed E-state index contributed by atoms with van der Waals surface area (Å²) in [7, 11) is 0. The molecule has 32 heavy (non-hydrogen) atoms. The first kappa shape index (κ1) is 22.6. The number of nitrogens with one attached hydrogen (secondary N) is 1. The number of thioether (sulfide) groups is 1. The number of amides is 1. The van der Waals surface area contributed by atoms with E-state index in [9.17, 15) is 4.79 Å². The van der Waals surface area contributed by atoms with E-state index in [1.807, 2.05) is 85.4 Å². The number of rotatable bonds is 8. The molecule has 0 saturated carbocycles. The molecule has 0 aromatic heterocycles. The average Bonchev–Trinajstić information content (AvgIpc) is 2.83. The van der Waals surface area contributed by atoms with E-state index in [1.54, 1.807) is 0 Å². The quantitative estimate of drug-likeness (QED) is 0.511. The Morgan fingerprint density at radius 3 is 2.19 bits per heavy atom. The number of nitrogens with zero attached hydrogens (tertiary/aromatic N) is 1. The zero-order valence-corrected chi connectivity index (χ0v) is 19.3. The molecule has 0 bridgehead atoms. The maximum Gasteiger partial charge on any atom is 0.250 e. The van der Waals surface area contributed by atoms with Crippen LogP contribution in [0.15, 0.2) is 78.9 Å². The van der Waals surface area contributed by atoms with Gasteiger partial charge < -0.3 is 10.1 Å². The third-order valence-corrected chi connectivity index (χ3v) is 6.60. The highest BCUT2D eigenvalue weighted by atomic mass is 32.2. The minimum Gasteiger partial charge on any atom is -0.359 e. The van der Waals surface area contributed by atoms with E-state index < -0.39 is 0 Å². The van der Waals surface area contributed by atoms with Crippen LogP contribution in [0.25, 0.3) is 0 Å². The first-order valence-corrected chi connectivity index (χ1v) is 12.3. The van der Waals surface area contributed by atoms with Gasteiger partial charge >= 0.3 is 0 Å². The molecule has 0 spiro atoms. The maximum absolute atomic E-state index is 12.7. The molecule has 0 radical (unpaired) electrons. The zero-order valence-electron chi connectivity index (χ0n) is 18.5. The van der Waals surface area contributed by atoms with Crippen LogP contribution in [0.2, 0.25) is 0 Å². The molecule has 1 amide bonds. The number of benzene rings is 3. The second-order valence-electron chi connectivity index (χ2n) is 8.10. The van der Waals surface area contributed by atoms with E-state index in [1.165, 1.54) is 17.1 Å². The first-order valence-electron chi connectivity index (χ1n) is 11.1. The number of aryl methyl sites for hydroxylation is 1. The smallest absolute Gasteiger partial charge is 0.250 e. The molecule has 1 saturated heterocycles. The Hall–Kier alpha value is -2.60. The first-order chi connectivity index (χ1) is 15.7. The lowest BCUT2D eigenvalue weighted by atomic mass is 10.0. The summed E-state index contributed by atoms with van der Waals surface area (Å²) < 4.78 is 6.09. The van der Waals surface area contributed by atoms with Gasteiger partial charge in [0.2, 0.25) is 5.91 Å². The number of carbonyl (C=O) groups is 1. The predicted molar refractivity (Wildman–Crippen MR) is 133 cm³/mol. The van der Waals surface area contributed by atoms with E-state index in [0.29, 0.717) is 0 Å². The summed E-state index contributed by atoms with van der Waals surface area (Å²) in [6.45, 7) is 5.28. The molecule has 3 aromatic rings. The van der Waals surface area contributed by atoms with Gasteiger partial charge in [0.25, 0.3) is 0 Å². The molecule has 1 aliphatic rings. The van der Waals surface area contributed by atoms with Crippen LogP contribution in [0.1, 0.15) is 28.4 Å². The van der Waals surface area contributed by atoms with Gasteiger partial charge in [-0.25, -0.2) is 0 Å². The molecule has 5 heteroatoms. The SMILES string of the molecule is Cc1cc(CN2CCSCC2)ccc1NC(=O)COC(c1ccccc1)c1ccccc1. The second kappa shape index (κ2) is 11.3. The minimum absolute atomic E-state index is 0.0128. The van der Waals surface area contributed by atoms with Crippen LogP contribution in [0, 0.1) is 6.92 Å². The van der Waals surface area contributed by atoms with E-state index in [2.05, 4.69) is 22.3 Å². The standard InChI is InChI=1S/C27H30N2O2S/c1-21-18-22(19-29-14-16-32-17-15-29)12-13-25(21)28-26(30)20-31-27(23-8-4-2-5-9-23)24-10-6-3-7-11-24/h2-13,18,27H,14-17,19-20H2,1H3,(H,28,30). The van der Waals surface area contributed by atoms with Crippen LogP contribution in [-0.2, 0) is 16.1 Å². The molecule has 1 fully saturated rings. The van der Waals surface area contributed by atoms with E-state index in [0.717, 1.165) is 42.0 Å². The van der Waals surface area contributed by atoms with E-state index in [4.69, 9.17) is 4.74 Å². The van der Waals surface area contributed by atoms with E-state index >= 15 is 0 Å². The molecule has 1 aliphatic heterocycles. The Kier molecular flexibility index (Phi) is 7.99. The third-order valence-electron chi connectivity index (χ3n) is 5.66. The van der Waals surface area contributed by atoms with Crippen LogP contribution in [-0.4, -0.2) is 42.0 Å². The van der Waals surface area contributed by atoms with Gasteiger partial charge in [-0.05, 0) is 35.2 Å². The Morgan fingerprint density at radius 2 is 1.59 bits per heavy atom. The van der Waals surface area contributed by atoms with Gasteiger partial charge in [-0.1, -0.05) is 72.8 Å². The van der Waals surface area contributed by atoms with Crippen LogP contribution in [0.5, 0.6) is 0 Å². The van der Waals surface area contributed by atoms with Crippen LogP contribution < -0.4 is 5.32 Å². The Bertz CT molecular complexity index is 965. The minimum atomic E-state index is -0.283. The fourth-order valence-electron chi connectivity index (χ4n) is 3.97. The third kappa shape index (κ3) is 6.22. The molecule has 3 aromatic carbocycles. The van der Waals surface area contributed by atoms with Gasteiger partial charge in [-0.3, -0.25) is 9.69 Å². The van der Waals surface area contributed by atoms with Crippen molar-refractivity contribution in [3.8, 4) is 0 Å². The topological polar surface area (TPSA) is 41.6 Å². The van der Waals surface area contributed by atoms with Crippen molar-refractivity contribution in [1.29, 1.82) is 0 Å². The Labute approximate surface area is 195 Å². The van der Waals surface area contributed by atoms with Crippen LogP contribution in [0.4, 0.5) is 5.69 Å². The molecule has 1 N–H and O–H groups in total. The molecule has 4 rings (SSSR count). The number of hydrogen-bond donors (Lipinski definition) is 1. The highest BCUT2D eigenvalue weighted by Gasteiger charge is 2.17. The maximum atomic E-state index is 12.7. The molecule has 0 atom stereocenters. The van der Waals surface area contributed by atoms with Gasteiger partial charge in [-0.15, -0.1) is 0 Å². The summed E-state index contributed by atoms with van der Waals surface area (Å²) in [6, 6.07) is 26.3. The highest BCUT2D eigenvalue weighted by molar-refractivity contribution is 7.99. The van der Waals surface area contributed by atoms with Crippen molar-refractivity contribution >= 4 is 23.4 Å². The summed E-state index contributed by atoms with van der Waals surface area (Å²) in [4.78, 5) is 15.2. The summed E-state index contributed by atoms with van der Waals surface area (Å²) in [5, 5.41) is 3.02. The summed E-state index contributed by atoms with van der Waals surface area (Å²) in [6.07, 6.45) is -0.283. The lowest BCUT2D eigenvalue weighted by Crippen LogP contribution is -2.32. The van der Waals surface area contributed by atoms with Crippen molar-refractivity contribution in [3.63, 3.8) is 0 Å². The van der Waals surface area contributed by atoms with Crippen molar-refractivity contribution in [3.05, 3.63) is 101 Å². The molecule has 0 aliphatic carbocycles. The average molecular weight is 447 g/mol. The van der Waals surface area contributed by atoms with Crippen LogP contribution in [0.3, 0.4) is 0 Å².